The first kappa shape index (κ1) is 15.5. The Labute approximate surface area is 137 Å². The molecule has 1 heterocycles. The number of aromatic nitrogens is 2. The van der Waals surface area contributed by atoms with E-state index in [2.05, 4.69) is 15.3 Å². The van der Waals surface area contributed by atoms with E-state index in [4.69, 9.17) is 11.6 Å². The molecule has 1 amide bonds. The minimum atomic E-state index is -0.468. The standard InChI is InChI=1S/C17H15ClFN3O/c18-12-4-3-5-13(19)11(12)10-17(23)20-9-8-16-21-14-6-1-2-7-15(14)22-16/h1-7H,8-10H2,(H,20,23)(H,21,22). The first-order valence-corrected chi connectivity index (χ1v) is 7.64. The summed E-state index contributed by atoms with van der Waals surface area (Å²) in [6.45, 7) is 0.421. The Morgan fingerprint density at radius 2 is 2.04 bits per heavy atom. The van der Waals surface area contributed by atoms with Crippen molar-refractivity contribution in [2.24, 2.45) is 0 Å². The molecule has 118 valence electrons. The van der Waals surface area contributed by atoms with E-state index in [1.165, 1.54) is 12.1 Å². The van der Waals surface area contributed by atoms with Crippen LogP contribution in [-0.4, -0.2) is 22.4 Å². The largest absolute Gasteiger partial charge is 0.355 e. The van der Waals surface area contributed by atoms with Gasteiger partial charge < -0.3 is 10.3 Å². The van der Waals surface area contributed by atoms with E-state index in [0.29, 0.717) is 13.0 Å². The van der Waals surface area contributed by atoms with Crippen molar-refractivity contribution in [2.45, 2.75) is 12.8 Å². The van der Waals surface area contributed by atoms with Gasteiger partial charge in [0, 0.05) is 23.6 Å². The van der Waals surface area contributed by atoms with Crippen LogP contribution in [0.4, 0.5) is 4.39 Å². The van der Waals surface area contributed by atoms with E-state index in [1.54, 1.807) is 6.07 Å². The Kier molecular flexibility index (Phi) is 4.57. The first-order valence-electron chi connectivity index (χ1n) is 7.26. The molecule has 6 heteroatoms. The molecule has 3 rings (SSSR count). The average molecular weight is 332 g/mol. The maximum absolute atomic E-state index is 13.6. The van der Waals surface area contributed by atoms with Crippen molar-refractivity contribution < 1.29 is 9.18 Å². The number of aromatic amines is 1. The number of carbonyl (C=O) groups excluding carboxylic acids is 1. The van der Waals surface area contributed by atoms with Crippen LogP contribution in [0.3, 0.4) is 0 Å². The lowest BCUT2D eigenvalue weighted by atomic mass is 10.1. The van der Waals surface area contributed by atoms with E-state index < -0.39 is 5.82 Å². The van der Waals surface area contributed by atoms with Crippen molar-refractivity contribution in [1.29, 1.82) is 0 Å². The van der Waals surface area contributed by atoms with Gasteiger partial charge in [-0.25, -0.2) is 9.37 Å². The van der Waals surface area contributed by atoms with E-state index in [-0.39, 0.29) is 22.9 Å². The fourth-order valence-electron chi connectivity index (χ4n) is 2.37. The minimum absolute atomic E-state index is 0.0777. The van der Waals surface area contributed by atoms with Crippen molar-refractivity contribution in [3.63, 3.8) is 0 Å². The molecular weight excluding hydrogens is 317 g/mol. The Bertz CT molecular complexity index is 793. The Morgan fingerprint density at radius 1 is 1.22 bits per heavy atom. The molecule has 0 aliphatic rings. The number of imidazole rings is 1. The molecular formula is C17H15ClFN3O. The molecule has 0 aliphatic heterocycles. The number of halogens is 2. The predicted octanol–water partition coefficient (Wildman–Crippen LogP) is 3.26. The lowest BCUT2D eigenvalue weighted by Crippen LogP contribution is -2.27. The van der Waals surface area contributed by atoms with Crippen molar-refractivity contribution in [3.05, 3.63) is 64.7 Å². The van der Waals surface area contributed by atoms with Gasteiger partial charge in [0.2, 0.25) is 5.91 Å². The van der Waals surface area contributed by atoms with Gasteiger partial charge in [-0.1, -0.05) is 29.8 Å². The summed E-state index contributed by atoms with van der Waals surface area (Å²) in [5.74, 6) is 0.0634. The summed E-state index contributed by atoms with van der Waals surface area (Å²) in [6, 6.07) is 12.1. The number of rotatable bonds is 5. The van der Waals surface area contributed by atoms with Crippen molar-refractivity contribution in [3.8, 4) is 0 Å². The van der Waals surface area contributed by atoms with E-state index in [0.717, 1.165) is 16.9 Å². The number of hydrogen-bond donors (Lipinski definition) is 2. The van der Waals surface area contributed by atoms with E-state index in [1.807, 2.05) is 24.3 Å². The van der Waals surface area contributed by atoms with Crippen LogP contribution in [0.15, 0.2) is 42.5 Å². The number of hydrogen-bond acceptors (Lipinski definition) is 2. The summed E-state index contributed by atoms with van der Waals surface area (Å²) in [4.78, 5) is 19.5. The highest BCUT2D eigenvalue weighted by Crippen LogP contribution is 2.19. The number of amides is 1. The van der Waals surface area contributed by atoms with Crippen LogP contribution in [0.2, 0.25) is 5.02 Å². The number of nitrogens with zero attached hydrogens (tertiary/aromatic N) is 1. The fraction of sp³-hybridized carbons (Fsp3) is 0.176. The second kappa shape index (κ2) is 6.79. The van der Waals surface area contributed by atoms with Crippen molar-refractivity contribution in [2.75, 3.05) is 6.54 Å². The summed E-state index contributed by atoms with van der Waals surface area (Å²) in [5.41, 5.74) is 2.08. The van der Waals surface area contributed by atoms with E-state index >= 15 is 0 Å². The summed E-state index contributed by atoms with van der Waals surface area (Å²) in [6.07, 6.45) is 0.497. The molecule has 2 aromatic carbocycles. The van der Waals surface area contributed by atoms with Gasteiger partial charge in [0.05, 0.1) is 17.5 Å². The quantitative estimate of drug-likeness (QED) is 0.754. The maximum atomic E-state index is 13.6. The lowest BCUT2D eigenvalue weighted by Gasteiger charge is -2.06. The summed E-state index contributed by atoms with van der Waals surface area (Å²) in [7, 11) is 0. The van der Waals surface area contributed by atoms with Gasteiger partial charge in [0.1, 0.15) is 11.6 Å². The highest BCUT2D eigenvalue weighted by Gasteiger charge is 2.11. The molecule has 0 bridgehead atoms. The number of fused-ring (bicyclic) bond motifs is 1. The Balaban J connectivity index is 1.55. The molecule has 0 unspecified atom stereocenters. The zero-order valence-electron chi connectivity index (χ0n) is 12.3. The van der Waals surface area contributed by atoms with Crippen LogP contribution in [0, 0.1) is 5.82 Å². The molecule has 2 N–H and O–H groups in total. The van der Waals surface area contributed by atoms with Gasteiger partial charge in [-0.2, -0.15) is 0 Å². The zero-order chi connectivity index (χ0) is 16.2. The number of para-hydroxylation sites is 2. The van der Waals surface area contributed by atoms with Crippen LogP contribution in [0.1, 0.15) is 11.4 Å². The van der Waals surface area contributed by atoms with Gasteiger partial charge in [-0.3, -0.25) is 4.79 Å². The third-order valence-electron chi connectivity index (χ3n) is 3.52. The third kappa shape index (κ3) is 3.68. The zero-order valence-corrected chi connectivity index (χ0v) is 13.0. The third-order valence-corrected chi connectivity index (χ3v) is 3.88. The van der Waals surface area contributed by atoms with Crippen LogP contribution in [0.25, 0.3) is 11.0 Å². The second-order valence-electron chi connectivity index (χ2n) is 5.18. The predicted molar refractivity (Wildman–Crippen MR) is 87.9 cm³/mol. The molecule has 4 nitrogen and oxygen atoms in total. The molecule has 0 fully saturated rings. The first-order chi connectivity index (χ1) is 11.1. The number of H-pyrrole nitrogens is 1. The topological polar surface area (TPSA) is 57.8 Å². The number of nitrogens with one attached hydrogen (secondary N) is 2. The molecule has 3 aromatic rings. The second-order valence-corrected chi connectivity index (χ2v) is 5.58. The number of benzene rings is 2. The van der Waals surface area contributed by atoms with Gasteiger partial charge in [0.25, 0.3) is 0 Å². The normalized spacial score (nSPS) is 10.9. The molecule has 0 spiro atoms. The van der Waals surface area contributed by atoms with Crippen LogP contribution < -0.4 is 5.32 Å². The van der Waals surface area contributed by atoms with Crippen molar-refractivity contribution >= 4 is 28.5 Å². The maximum Gasteiger partial charge on any atom is 0.224 e. The molecule has 1 aromatic heterocycles. The molecule has 0 radical (unpaired) electrons. The van der Waals surface area contributed by atoms with Crippen LogP contribution in [0.5, 0.6) is 0 Å². The highest BCUT2D eigenvalue weighted by molar-refractivity contribution is 6.31. The van der Waals surface area contributed by atoms with Gasteiger partial charge in [-0.05, 0) is 24.3 Å². The lowest BCUT2D eigenvalue weighted by molar-refractivity contribution is -0.120. The SMILES string of the molecule is O=C(Cc1c(F)cccc1Cl)NCCc1nc2ccccc2[nH]1. The molecule has 0 saturated carbocycles. The fourth-order valence-corrected chi connectivity index (χ4v) is 2.60. The Hall–Kier alpha value is -2.40. The summed E-state index contributed by atoms with van der Waals surface area (Å²) >= 11 is 5.91. The van der Waals surface area contributed by atoms with Gasteiger partial charge in [-0.15, -0.1) is 0 Å². The molecule has 23 heavy (non-hydrogen) atoms. The van der Waals surface area contributed by atoms with Gasteiger partial charge >= 0.3 is 0 Å². The smallest absolute Gasteiger partial charge is 0.224 e. The average Bonchev–Trinajstić information content (AvgIpc) is 2.94. The molecule has 0 atom stereocenters. The summed E-state index contributed by atoms with van der Waals surface area (Å²) in [5, 5.41) is 3.02. The highest BCUT2D eigenvalue weighted by atomic mass is 35.5. The Morgan fingerprint density at radius 3 is 2.83 bits per heavy atom. The molecule has 0 saturated heterocycles. The van der Waals surface area contributed by atoms with Gasteiger partial charge in [0.15, 0.2) is 0 Å². The number of carbonyl (C=O) groups is 1. The molecule has 0 aliphatic carbocycles. The van der Waals surface area contributed by atoms with Crippen LogP contribution in [-0.2, 0) is 17.6 Å². The summed E-state index contributed by atoms with van der Waals surface area (Å²) < 4.78 is 13.6. The minimum Gasteiger partial charge on any atom is -0.355 e. The monoisotopic (exact) mass is 331 g/mol. The van der Waals surface area contributed by atoms with Crippen molar-refractivity contribution in [1.82, 2.24) is 15.3 Å². The van der Waals surface area contributed by atoms with E-state index in [9.17, 15) is 9.18 Å². The van der Waals surface area contributed by atoms with Crippen LogP contribution >= 0.6 is 11.6 Å².